The second-order valence-electron chi connectivity index (χ2n) is 14.0. The van der Waals surface area contributed by atoms with Crippen LogP contribution in [0.1, 0.15) is 69.7 Å². The Labute approximate surface area is 282 Å². The standard InChI is InChI=1S/C33H48FN7O6S/c1-4-41(24(2)3)31(42)27-17-25(34)7-8-28(27)47-29-18-35-23-36-30(29)39-20-32(21-39)11-15-38(16-12-32)22-33(43)10-9-26(19-46-33)37-48(44,45)40-13-5-6-14-40/h7-8,17-18,23-24,26,37,43H,4-6,9-16,19-22H2,1-3H3/t26-,33-/m1/s1. The maximum absolute atomic E-state index is 14.3. The van der Waals surface area contributed by atoms with Crippen molar-refractivity contribution in [3.05, 3.63) is 42.1 Å². The Kier molecular flexibility index (Phi) is 10.3. The van der Waals surface area contributed by atoms with Crippen molar-refractivity contribution in [3.8, 4) is 11.5 Å². The van der Waals surface area contributed by atoms with Crippen LogP contribution in [0.15, 0.2) is 30.7 Å². The fraction of sp³-hybridized carbons (Fsp3) is 0.667. The molecule has 0 aliphatic carbocycles. The van der Waals surface area contributed by atoms with E-state index in [2.05, 4.69) is 24.5 Å². The molecule has 4 aliphatic rings. The van der Waals surface area contributed by atoms with Gasteiger partial charge in [-0.15, -0.1) is 0 Å². The minimum absolute atomic E-state index is 0.0590. The van der Waals surface area contributed by atoms with E-state index in [-0.39, 0.29) is 41.3 Å². The maximum Gasteiger partial charge on any atom is 0.279 e. The van der Waals surface area contributed by atoms with E-state index in [9.17, 15) is 22.7 Å². The zero-order valence-corrected chi connectivity index (χ0v) is 28.9. The molecule has 48 heavy (non-hydrogen) atoms. The molecule has 1 amide bonds. The Morgan fingerprint density at radius 2 is 1.90 bits per heavy atom. The first-order valence-electron chi connectivity index (χ1n) is 17.1. The molecule has 2 N–H and O–H groups in total. The molecular weight excluding hydrogens is 641 g/mol. The number of anilines is 1. The molecule has 1 aromatic heterocycles. The number of nitrogens with one attached hydrogen (secondary N) is 1. The number of halogens is 1. The van der Waals surface area contributed by atoms with Crippen LogP contribution in [-0.4, -0.2) is 120 Å². The van der Waals surface area contributed by atoms with Crippen LogP contribution in [0.5, 0.6) is 11.5 Å². The van der Waals surface area contributed by atoms with Crippen molar-refractivity contribution in [2.75, 3.05) is 63.9 Å². The van der Waals surface area contributed by atoms with Crippen LogP contribution < -0.4 is 14.4 Å². The Bertz CT molecular complexity index is 1550. The average Bonchev–Trinajstić information content (AvgIpc) is 3.60. The lowest BCUT2D eigenvalue weighted by Crippen LogP contribution is -2.62. The quantitative estimate of drug-likeness (QED) is 0.362. The van der Waals surface area contributed by atoms with Crippen molar-refractivity contribution < 1.29 is 32.2 Å². The van der Waals surface area contributed by atoms with Gasteiger partial charge in [-0.25, -0.2) is 14.4 Å². The Hall–Kier alpha value is -2.95. The third kappa shape index (κ3) is 7.60. The average molecular weight is 690 g/mol. The Morgan fingerprint density at radius 3 is 2.54 bits per heavy atom. The predicted octanol–water partition coefficient (Wildman–Crippen LogP) is 2.98. The van der Waals surface area contributed by atoms with Crippen LogP contribution in [0, 0.1) is 11.2 Å². The highest BCUT2D eigenvalue weighted by Gasteiger charge is 2.47. The van der Waals surface area contributed by atoms with E-state index >= 15 is 0 Å². The largest absolute Gasteiger partial charge is 0.451 e. The summed E-state index contributed by atoms with van der Waals surface area (Å²) in [6.45, 7) is 11.0. The summed E-state index contributed by atoms with van der Waals surface area (Å²) in [4.78, 5) is 28.0. The highest BCUT2D eigenvalue weighted by molar-refractivity contribution is 7.87. The SMILES string of the molecule is CCN(C(=O)c1cc(F)ccc1Oc1cncnc1N1CC2(CCN(C[C@@]3(O)CC[C@@H](NS(=O)(=O)N4CCCC4)CO3)CC2)C1)C(C)C. The molecule has 15 heteroatoms. The van der Waals surface area contributed by atoms with Gasteiger partial charge in [0, 0.05) is 56.6 Å². The van der Waals surface area contributed by atoms with Crippen LogP contribution in [0.4, 0.5) is 10.2 Å². The number of nitrogens with zero attached hydrogens (tertiary/aromatic N) is 6. The normalized spacial score (nSPS) is 25.0. The minimum Gasteiger partial charge on any atom is -0.451 e. The number of ether oxygens (including phenoxy) is 2. The second-order valence-corrected chi connectivity index (χ2v) is 15.7. The zero-order valence-electron chi connectivity index (χ0n) is 28.1. The molecule has 1 spiro atoms. The second kappa shape index (κ2) is 14.1. The predicted molar refractivity (Wildman–Crippen MR) is 177 cm³/mol. The van der Waals surface area contributed by atoms with Gasteiger partial charge < -0.3 is 24.4 Å². The van der Waals surface area contributed by atoms with Gasteiger partial charge in [0.2, 0.25) is 0 Å². The van der Waals surface area contributed by atoms with Gasteiger partial charge in [-0.05, 0) is 84.2 Å². The van der Waals surface area contributed by atoms with Gasteiger partial charge in [-0.2, -0.15) is 17.4 Å². The van der Waals surface area contributed by atoms with Gasteiger partial charge in [0.25, 0.3) is 16.1 Å². The molecule has 0 saturated carbocycles. The molecule has 2 atom stereocenters. The summed E-state index contributed by atoms with van der Waals surface area (Å²) in [6.07, 6.45) is 7.56. The summed E-state index contributed by atoms with van der Waals surface area (Å²) >= 11 is 0. The number of amides is 1. The molecule has 6 rings (SSSR count). The van der Waals surface area contributed by atoms with E-state index in [1.807, 2.05) is 20.8 Å². The lowest BCUT2D eigenvalue weighted by molar-refractivity contribution is -0.239. The molecule has 5 heterocycles. The van der Waals surface area contributed by atoms with E-state index in [4.69, 9.17) is 9.47 Å². The van der Waals surface area contributed by atoms with E-state index in [0.717, 1.165) is 51.9 Å². The molecule has 4 saturated heterocycles. The molecule has 2 aromatic rings. The van der Waals surface area contributed by atoms with Gasteiger partial charge in [0.15, 0.2) is 17.4 Å². The van der Waals surface area contributed by atoms with Crippen molar-refractivity contribution in [3.63, 3.8) is 0 Å². The summed E-state index contributed by atoms with van der Waals surface area (Å²) < 4.78 is 55.9. The third-order valence-corrected chi connectivity index (χ3v) is 11.8. The number of hydrogen-bond donors (Lipinski definition) is 2. The van der Waals surface area contributed by atoms with Crippen LogP contribution in [0.3, 0.4) is 0 Å². The summed E-state index contributed by atoms with van der Waals surface area (Å²) in [5.74, 6) is -0.855. The fourth-order valence-corrected chi connectivity index (χ4v) is 8.90. The number of piperidine rings is 1. The van der Waals surface area contributed by atoms with Gasteiger partial charge in [-0.1, -0.05) is 0 Å². The first-order chi connectivity index (χ1) is 22.9. The topological polar surface area (TPSA) is 141 Å². The third-order valence-electron chi connectivity index (χ3n) is 10.2. The van der Waals surface area contributed by atoms with E-state index < -0.39 is 21.8 Å². The lowest BCUT2D eigenvalue weighted by Gasteiger charge is -2.55. The summed E-state index contributed by atoms with van der Waals surface area (Å²) in [7, 11) is -3.53. The summed E-state index contributed by atoms with van der Waals surface area (Å²) in [6, 6.07) is 3.55. The molecule has 1 aromatic carbocycles. The lowest BCUT2D eigenvalue weighted by atomic mass is 9.72. The Morgan fingerprint density at radius 1 is 1.17 bits per heavy atom. The number of likely N-dealkylation sites (tertiary alicyclic amines) is 1. The van der Waals surface area contributed by atoms with Crippen LogP contribution in [-0.2, 0) is 14.9 Å². The van der Waals surface area contributed by atoms with Crippen molar-refractivity contribution >= 4 is 21.9 Å². The molecule has 13 nitrogen and oxygen atoms in total. The van der Waals surface area contributed by atoms with Crippen LogP contribution in [0.25, 0.3) is 0 Å². The number of aromatic nitrogens is 2. The van der Waals surface area contributed by atoms with E-state index in [0.29, 0.717) is 50.6 Å². The minimum atomic E-state index is -3.53. The summed E-state index contributed by atoms with van der Waals surface area (Å²) in [5.41, 5.74) is 0.249. The van der Waals surface area contributed by atoms with Gasteiger partial charge in [0.05, 0.1) is 24.9 Å². The molecule has 0 unspecified atom stereocenters. The van der Waals surface area contributed by atoms with Crippen molar-refractivity contribution in [1.29, 1.82) is 0 Å². The molecule has 0 radical (unpaired) electrons. The van der Waals surface area contributed by atoms with E-state index in [1.54, 1.807) is 11.1 Å². The first-order valence-corrected chi connectivity index (χ1v) is 18.5. The highest BCUT2D eigenvalue weighted by Crippen LogP contribution is 2.45. The van der Waals surface area contributed by atoms with Crippen molar-refractivity contribution in [1.82, 2.24) is 28.8 Å². The van der Waals surface area contributed by atoms with Gasteiger partial charge in [-0.3, -0.25) is 9.69 Å². The van der Waals surface area contributed by atoms with Gasteiger partial charge >= 0.3 is 0 Å². The molecule has 4 aliphatic heterocycles. The Balaban J connectivity index is 1.02. The number of benzene rings is 1. The highest BCUT2D eigenvalue weighted by atomic mass is 32.2. The smallest absolute Gasteiger partial charge is 0.279 e. The molecule has 4 fully saturated rings. The number of carbonyl (C=O) groups excluding carboxylic acids is 1. The molecule has 264 valence electrons. The zero-order chi connectivity index (χ0) is 34.1. The number of aliphatic hydroxyl groups is 1. The number of carbonyl (C=O) groups is 1. The first kappa shape index (κ1) is 34.9. The number of rotatable bonds is 11. The molecule has 0 bridgehead atoms. The number of hydrogen-bond acceptors (Lipinski definition) is 10. The van der Waals surface area contributed by atoms with Crippen molar-refractivity contribution in [2.24, 2.45) is 5.41 Å². The van der Waals surface area contributed by atoms with E-state index in [1.165, 1.54) is 28.8 Å². The number of β-amino-alcohol motifs (C(OH)–C–C–N with tert-alkyl or cyclic N) is 1. The monoisotopic (exact) mass is 689 g/mol. The summed E-state index contributed by atoms with van der Waals surface area (Å²) in [5, 5.41) is 11.2. The van der Waals surface area contributed by atoms with Gasteiger partial charge in [0.1, 0.15) is 17.9 Å². The van der Waals surface area contributed by atoms with Crippen molar-refractivity contribution in [2.45, 2.75) is 77.2 Å². The van der Waals surface area contributed by atoms with Crippen LogP contribution >= 0.6 is 0 Å². The fourth-order valence-electron chi connectivity index (χ4n) is 7.40. The van der Waals surface area contributed by atoms with Crippen LogP contribution in [0.2, 0.25) is 0 Å². The molecular formula is C33H48FN7O6S. The maximum atomic E-state index is 14.3.